The summed E-state index contributed by atoms with van der Waals surface area (Å²) in [7, 11) is 0. The number of morpholine rings is 2. The Labute approximate surface area is 191 Å². The largest absolute Gasteiger partial charge is 0.378 e. The van der Waals surface area contributed by atoms with Crippen LogP contribution in [0.3, 0.4) is 0 Å². The summed E-state index contributed by atoms with van der Waals surface area (Å²) in [4.78, 5) is 26.9. The highest BCUT2D eigenvalue weighted by Gasteiger charge is 2.23. The number of rotatable bonds is 4. The SMILES string of the molecule is O=C(Nc1ccc(N2CCOCC2)c(Cl)c1)c1nc2ccccc2nc1N1CCOCC1. The van der Waals surface area contributed by atoms with Gasteiger partial charge in [0.25, 0.3) is 5.91 Å². The highest BCUT2D eigenvalue weighted by molar-refractivity contribution is 6.33. The summed E-state index contributed by atoms with van der Waals surface area (Å²) in [5.41, 5.74) is 3.27. The molecule has 0 atom stereocenters. The zero-order valence-electron chi connectivity index (χ0n) is 17.6. The number of anilines is 3. The molecular formula is C23H24ClN5O3. The van der Waals surface area contributed by atoms with Gasteiger partial charge in [0.05, 0.1) is 48.2 Å². The van der Waals surface area contributed by atoms with Crippen LogP contribution in [-0.2, 0) is 9.47 Å². The minimum atomic E-state index is -0.320. The summed E-state index contributed by atoms with van der Waals surface area (Å²) < 4.78 is 10.9. The summed E-state index contributed by atoms with van der Waals surface area (Å²) in [6, 6.07) is 13.1. The monoisotopic (exact) mass is 453 g/mol. The van der Waals surface area contributed by atoms with Gasteiger partial charge in [-0.15, -0.1) is 0 Å². The van der Waals surface area contributed by atoms with Crippen LogP contribution in [0.25, 0.3) is 11.0 Å². The van der Waals surface area contributed by atoms with Crippen molar-refractivity contribution in [2.24, 2.45) is 0 Å². The number of para-hydroxylation sites is 2. The van der Waals surface area contributed by atoms with Crippen molar-refractivity contribution in [3.63, 3.8) is 0 Å². The molecule has 1 aromatic heterocycles. The van der Waals surface area contributed by atoms with Crippen molar-refractivity contribution in [1.82, 2.24) is 9.97 Å². The summed E-state index contributed by atoms with van der Waals surface area (Å²) in [5.74, 6) is 0.250. The molecule has 0 spiro atoms. The van der Waals surface area contributed by atoms with Gasteiger partial charge in [-0.3, -0.25) is 4.79 Å². The van der Waals surface area contributed by atoms with Gasteiger partial charge >= 0.3 is 0 Å². The molecule has 0 unspecified atom stereocenters. The van der Waals surface area contributed by atoms with E-state index in [0.717, 1.165) is 24.3 Å². The van der Waals surface area contributed by atoms with E-state index in [4.69, 9.17) is 26.1 Å². The molecule has 32 heavy (non-hydrogen) atoms. The van der Waals surface area contributed by atoms with E-state index in [1.165, 1.54) is 0 Å². The van der Waals surface area contributed by atoms with Gasteiger partial charge in [-0.2, -0.15) is 0 Å². The quantitative estimate of drug-likeness (QED) is 0.649. The Kier molecular flexibility index (Phi) is 6.07. The van der Waals surface area contributed by atoms with Crippen LogP contribution in [0.4, 0.5) is 17.2 Å². The minimum absolute atomic E-state index is 0.291. The zero-order valence-corrected chi connectivity index (χ0v) is 18.3. The van der Waals surface area contributed by atoms with Gasteiger partial charge in [0.1, 0.15) is 0 Å². The first kappa shape index (κ1) is 20.9. The number of nitrogens with zero attached hydrogens (tertiary/aromatic N) is 4. The molecule has 2 fully saturated rings. The fourth-order valence-corrected chi connectivity index (χ4v) is 4.27. The number of benzene rings is 2. The fourth-order valence-electron chi connectivity index (χ4n) is 3.97. The lowest BCUT2D eigenvalue weighted by atomic mass is 10.2. The number of aromatic nitrogens is 2. The van der Waals surface area contributed by atoms with Crippen molar-refractivity contribution in [3.8, 4) is 0 Å². The van der Waals surface area contributed by atoms with Crippen molar-refractivity contribution >= 4 is 45.7 Å². The van der Waals surface area contributed by atoms with Crippen molar-refractivity contribution in [2.45, 2.75) is 0 Å². The molecule has 1 amide bonds. The van der Waals surface area contributed by atoms with Gasteiger partial charge in [0, 0.05) is 31.9 Å². The van der Waals surface area contributed by atoms with Gasteiger partial charge in [-0.25, -0.2) is 9.97 Å². The molecule has 5 rings (SSSR count). The number of fused-ring (bicyclic) bond motifs is 1. The molecule has 2 aliphatic rings. The lowest BCUT2D eigenvalue weighted by Gasteiger charge is -2.30. The summed E-state index contributed by atoms with van der Waals surface area (Å²) in [6.45, 7) is 5.45. The third-order valence-corrected chi connectivity index (χ3v) is 5.94. The molecule has 0 aliphatic carbocycles. The molecule has 0 saturated carbocycles. The smallest absolute Gasteiger partial charge is 0.278 e. The molecule has 2 aliphatic heterocycles. The second-order valence-electron chi connectivity index (χ2n) is 7.70. The Balaban J connectivity index is 1.43. The van der Waals surface area contributed by atoms with Crippen LogP contribution in [0.15, 0.2) is 42.5 Å². The van der Waals surface area contributed by atoms with E-state index in [-0.39, 0.29) is 5.91 Å². The fraction of sp³-hybridized carbons (Fsp3) is 0.348. The Hall–Kier alpha value is -2.94. The average Bonchev–Trinajstić information content (AvgIpc) is 2.84. The first-order chi connectivity index (χ1) is 15.7. The normalized spacial score (nSPS) is 16.9. The maximum absolute atomic E-state index is 13.3. The first-order valence-corrected chi connectivity index (χ1v) is 11.1. The van der Waals surface area contributed by atoms with Crippen LogP contribution in [0, 0.1) is 0 Å². The molecule has 0 radical (unpaired) electrons. The van der Waals surface area contributed by atoms with Crippen molar-refractivity contribution in [2.75, 3.05) is 67.7 Å². The second-order valence-corrected chi connectivity index (χ2v) is 8.11. The van der Waals surface area contributed by atoms with Crippen molar-refractivity contribution in [1.29, 1.82) is 0 Å². The first-order valence-electron chi connectivity index (χ1n) is 10.7. The van der Waals surface area contributed by atoms with Crippen LogP contribution in [0.2, 0.25) is 5.02 Å². The third kappa shape index (κ3) is 4.34. The van der Waals surface area contributed by atoms with Crippen LogP contribution < -0.4 is 15.1 Å². The highest BCUT2D eigenvalue weighted by Crippen LogP contribution is 2.30. The van der Waals surface area contributed by atoms with E-state index in [0.29, 0.717) is 67.3 Å². The number of amides is 1. The molecule has 166 valence electrons. The molecule has 3 heterocycles. The third-order valence-electron chi connectivity index (χ3n) is 5.64. The van der Waals surface area contributed by atoms with E-state index >= 15 is 0 Å². The van der Waals surface area contributed by atoms with Crippen LogP contribution in [-0.4, -0.2) is 68.5 Å². The van der Waals surface area contributed by atoms with Gasteiger partial charge < -0.3 is 24.6 Å². The van der Waals surface area contributed by atoms with E-state index in [1.807, 2.05) is 41.3 Å². The number of carbonyl (C=O) groups is 1. The molecule has 9 heteroatoms. The maximum atomic E-state index is 13.3. The van der Waals surface area contributed by atoms with E-state index in [2.05, 4.69) is 15.2 Å². The van der Waals surface area contributed by atoms with Crippen LogP contribution >= 0.6 is 11.6 Å². The van der Waals surface area contributed by atoms with Crippen LogP contribution in [0.1, 0.15) is 10.5 Å². The Bertz CT molecular complexity index is 1130. The number of nitrogens with one attached hydrogen (secondary N) is 1. The molecule has 1 N–H and O–H groups in total. The van der Waals surface area contributed by atoms with E-state index in [1.54, 1.807) is 6.07 Å². The van der Waals surface area contributed by atoms with E-state index < -0.39 is 0 Å². The predicted molar refractivity (Wildman–Crippen MR) is 125 cm³/mol. The van der Waals surface area contributed by atoms with Gasteiger partial charge in [-0.05, 0) is 30.3 Å². The molecule has 0 bridgehead atoms. The lowest BCUT2D eigenvalue weighted by molar-refractivity contribution is 0.102. The zero-order chi connectivity index (χ0) is 21.9. The Morgan fingerprint density at radius 1 is 0.875 bits per heavy atom. The van der Waals surface area contributed by atoms with E-state index in [9.17, 15) is 4.79 Å². The Morgan fingerprint density at radius 2 is 1.50 bits per heavy atom. The van der Waals surface area contributed by atoms with Gasteiger partial charge in [-0.1, -0.05) is 23.7 Å². The molecular weight excluding hydrogens is 430 g/mol. The average molecular weight is 454 g/mol. The maximum Gasteiger partial charge on any atom is 0.278 e. The number of hydrogen-bond acceptors (Lipinski definition) is 7. The molecule has 8 nitrogen and oxygen atoms in total. The van der Waals surface area contributed by atoms with Crippen molar-refractivity contribution in [3.05, 3.63) is 53.2 Å². The molecule has 3 aromatic rings. The summed E-state index contributed by atoms with van der Waals surface area (Å²) >= 11 is 6.54. The minimum Gasteiger partial charge on any atom is -0.378 e. The highest BCUT2D eigenvalue weighted by atomic mass is 35.5. The predicted octanol–water partition coefficient (Wildman–Crippen LogP) is 3.21. The second kappa shape index (κ2) is 9.28. The summed E-state index contributed by atoms with van der Waals surface area (Å²) in [5, 5.41) is 3.53. The number of carbonyl (C=O) groups excluding carboxylic acids is 1. The standard InChI is InChI=1S/C23H24ClN5O3/c24-17-15-16(5-6-20(17)28-7-11-31-12-8-28)25-23(30)21-22(29-9-13-32-14-10-29)27-19-4-2-1-3-18(19)26-21/h1-6,15H,7-14H2,(H,25,30). The number of halogens is 1. The van der Waals surface area contributed by atoms with Crippen molar-refractivity contribution < 1.29 is 14.3 Å². The van der Waals surface area contributed by atoms with Gasteiger partial charge in [0.2, 0.25) is 0 Å². The molecule has 2 aromatic carbocycles. The Morgan fingerprint density at radius 3 is 2.16 bits per heavy atom. The molecule has 2 saturated heterocycles. The number of hydrogen-bond donors (Lipinski definition) is 1. The van der Waals surface area contributed by atoms with Crippen LogP contribution in [0.5, 0.6) is 0 Å². The summed E-state index contributed by atoms with van der Waals surface area (Å²) in [6.07, 6.45) is 0. The topological polar surface area (TPSA) is 79.8 Å². The number of ether oxygens (including phenoxy) is 2. The van der Waals surface area contributed by atoms with Gasteiger partial charge in [0.15, 0.2) is 11.5 Å². The lowest BCUT2D eigenvalue weighted by Crippen LogP contribution is -2.38.